The lowest BCUT2D eigenvalue weighted by molar-refractivity contribution is -0.136. The summed E-state index contributed by atoms with van der Waals surface area (Å²) in [5.74, 6) is 7.28. The number of piperidine rings is 2. The molecule has 1 unspecified atom stereocenters. The maximum atomic E-state index is 13.1. The summed E-state index contributed by atoms with van der Waals surface area (Å²) < 4.78 is 0. The molecule has 0 bridgehead atoms. The third-order valence-corrected chi connectivity index (χ3v) is 10.8. The van der Waals surface area contributed by atoms with Gasteiger partial charge in [-0.3, -0.25) is 29.4 Å². The number of nitrogens with zero attached hydrogens (tertiary/aromatic N) is 5. The summed E-state index contributed by atoms with van der Waals surface area (Å²) in [5, 5.41) is 6.30. The Labute approximate surface area is 296 Å². The van der Waals surface area contributed by atoms with E-state index in [0.29, 0.717) is 41.9 Å². The van der Waals surface area contributed by atoms with Crippen LogP contribution in [-0.2, 0) is 16.1 Å². The van der Waals surface area contributed by atoms with Crippen molar-refractivity contribution in [1.29, 1.82) is 0 Å². The van der Waals surface area contributed by atoms with Crippen LogP contribution in [0.25, 0.3) is 10.9 Å². The van der Waals surface area contributed by atoms with Gasteiger partial charge in [-0.1, -0.05) is 17.9 Å². The Morgan fingerprint density at radius 1 is 0.980 bits per heavy atom. The molecule has 3 saturated heterocycles. The third-order valence-electron chi connectivity index (χ3n) is 10.8. The number of hydrogen-bond acceptors (Lipinski definition) is 8. The fraction of sp³-hybridized carbons (Fsp3) is 0.385. The van der Waals surface area contributed by atoms with Crippen molar-refractivity contribution in [3.63, 3.8) is 0 Å². The maximum Gasteiger partial charge on any atom is 0.258 e. The zero-order valence-corrected chi connectivity index (χ0v) is 28.6. The first-order chi connectivity index (χ1) is 24.8. The predicted molar refractivity (Wildman–Crippen MR) is 192 cm³/mol. The number of pyridine rings is 2. The number of fused-ring (bicyclic) bond motifs is 2. The number of imide groups is 1. The molecule has 4 aliphatic rings. The van der Waals surface area contributed by atoms with Crippen LogP contribution in [0.15, 0.2) is 54.9 Å². The summed E-state index contributed by atoms with van der Waals surface area (Å²) in [6, 6.07) is 13.0. The van der Waals surface area contributed by atoms with Crippen LogP contribution in [0.1, 0.15) is 88.5 Å². The van der Waals surface area contributed by atoms with Crippen LogP contribution in [-0.4, -0.2) is 81.1 Å². The highest BCUT2D eigenvalue weighted by Crippen LogP contribution is 2.33. The van der Waals surface area contributed by atoms with Crippen molar-refractivity contribution in [1.82, 2.24) is 30.1 Å². The average Bonchev–Trinajstić information content (AvgIpc) is 3.85. The van der Waals surface area contributed by atoms with Gasteiger partial charge in [-0.25, -0.2) is 9.97 Å². The molecule has 8 rings (SSSR count). The number of rotatable bonds is 6. The second kappa shape index (κ2) is 13.6. The molecule has 12 nitrogen and oxygen atoms in total. The average molecular weight is 685 g/mol. The molecule has 260 valence electrons. The van der Waals surface area contributed by atoms with Gasteiger partial charge in [0, 0.05) is 79.2 Å². The SMILES string of the molecule is CN1CCC[C@@H]1c1cc2cnc(NC(=O)c3ccc(N4CCC(CC#Cc5cccc6c5CN(C5CCC(=O)NC5=O)C6=O)CC4)nc3)cc2[nH]1. The Balaban J connectivity index is 0.836. The van der Waals surface area contributed by atoms with Gasteiger partial charge in [0.2, 0.25) is 11.8 Å². The molecule has 12 heteroatoms. The van der Waals surface area contributed by atoms with E-state index < -0.39 is 11.9 Å². The zero-order valence-electron chi connectivity index (χ0n) is 28.6. The van der Waals surface area contributed by atoms with Crippen LogP contribution >= 0.6 is 0 Å². The highest BCUT2D eigenvalue weighted by molar-refractivity contribution is 6.06. The number of aromatic amines is 1. The molecule has 7 heterocycles. The third kappa shape index (κ3) is 6.57. The number of aromatic nitrogens is 3. The Kier molecular flexibility index (Phi) is 8.73. The molecule has 0 aliphatic carbocycles. The molecule has 1 aromatic carbocycles. The summed E-state index contributed by atoms with van der Waals surface area (Å²) in [6.07, 6.45) is 8.99. The highest BCUT2D eigenvalue weighted by atomic mass is 16.2. The Hall–Kier alpha value is -5.54. The van der Waals surface area contributed by atoms with Crippen molar-refractivity contribution in [2.75, 3.05) is 36.9 Å². The first kappa shape index (κ1) is 32.7. The number of amides is 4. The Bertz CT molecular complexity index is 2090. The van der Waals surface area contributed by atoms with Gasteiger partial charge in [-0.15, -0.1) is 0 Å². The molecule has 0 spiro atoms. The van der Waals surface area contributed by atoms with Crippen molar-refractivity contribution in [2.45, 2.75) is 63.6 Å². The molecular weight excluding hydrogens is 644 g/mol. The van der Waals surface area contributed by atoms with Crippen molar-refractivity contribution in [2.24, 2.45) is 5.92 Å². The van der Waals surface area contributed by atoms with Gasteiger partial charge in [-0.2, -0.15) is 0 Å². The number of carbonyl (C=O) groups is 4. The monoisotopic (exact) mass is 684 g/mol. The lowest BCUT2D eigenvalue weighted by Crippen LogP contribution is -2.52. The fourth-order valence-corrected chi connectivity index (χ4v) is 7.85. The van der Waals surface area contributed by atoms with Crippen LogP contribution in [0, 0.1) is 17.8 Å². The lowest BCUT2D eigenvalue weighted by atomic mass is 9.93. The highest BCUT2D eigenvalue weighted by Gasteiger charge is 2.39. The summed E-state index contributed by atoms with van der Waals surface area (Å²) in [5.41, 5.74) is 4.84. The van der Waals surface area contributed by atoms with E-state index in [0.717, 1.165) is 73.2 Å². The summed E-state index contributed by atoms with van der Waals surface area (Å²) in [7, 11) is 2.15. The van der Waals surface area contributed by atoms with E-state index in [2.05, 4.69) is 60.3 Å². The van der Waals surface area contributed by atoms with Crippen molar-refractivity contribution < 1.29 is 19.2 Å². The number of likely N-dealkylation sites (tertiary alicyclic amines) is 1. The van der Waals surface area contributed by atoms with Gasteiger partial charge in [-0.05, 0) is 87.5 Å². The maximum absolute atomic E-state index is 13.1. The topological polar surface area (TPSA) is 144 Å². The van der Waals surface area contributed by atoms with Crippen molar-refractivity contribution in [3.05, 3.63) is 82.8 Å². The summed E-state index contributed by atoms with van der Waals surface area (Å²) in [6.45, 7) is 3.11. The van der Waals surface area contributed by atoms with Gasteiger partial charge in [0.1, 0.15) is 17.7 Å². The van der Waals surface area contributed by atoms with E-state index in [1.165, 1.54) is 12.1 Å². The smallest absolute Gasteiger partial charge is 0.258 e. The van der Waals surface area contributed by atoms with Crippen molar-refractivity contribution >= 4 is 46.2 Å². The molecule has 3 fully saturated rings. The van der Waals surface area contributed by atoms with Gasteiger partial charge in [0.25, 0.3) is 11.8 Å². The molecule has 4 amide bonds. The number of nitrogens with one attached hydrogen (secondary N) is 3. The normalized spacial score (nSPS) is 21.1. The van der Waals surface area contributed by atoms with Crippen LogP contribution < -0.4 is 15.5 Å². The number of H-pyrrole nitrogens is 1. The van der Waals surface area contributed by atoms with Crippen molar-refractivity contribution in [3.8, 4) is 11.8 Å². The van der Waals surface area contributed by atoms with E-state index in [9.17, 15) is 19.2 Å². The van der Waals surface area contributed by atoms with Crippen LogP contribution in [0.4, 0.5) is 11.6 Å². The first-order valence-electron chi connectivity index (χ1n) is 17.8. The van der Waals surface area contributed by atoms with E-state index in [1.54, 1.807) is 29.4 Å². The summed E-state index contributed by atoms with van der Waals surface area (Å²) in [4.78, 5) is 69.0. The molecule has 2 atom stereocenters. The second-order valence-electron chi connectivity index (χ2n) is 14.0. The zero-order chi connectivity index (χ0) is 35.1. The van der Waals surface area contributed by atoms with E-state index in [4.69, 9.17) is 0 Å². The van der Waals surface area contributed by atoms with E-state index >= 15 is 0 Å². The number of benzene rings is 1. The standard InChI is InChI=1S/C39H40N8O4/c1-45-16-4-9-32(45)31-19-27-22-40-34(20-30(27)42-31)43-37(49)26-10-12-35(41-21-26)46-17-14-24(15-18-46)5-2-6-25-7-3-8-28-29(25)23-47(39(28)51)33-11-13-36(48)44-38(33)50/h3,7-8,10,12,19-22,24,32-33,42H,4-5,9,11,13-18,23H2,1H3,(H,40,43,49)(H,44,48,50)/t32-,33?/m1/s1. The van der Waals surface area contributed by atoms with Gasteiger partial charge in [0.15, 0.2) is 0 Å². The van der Waals surface area contributed by atoms with Gasteiger partial charge in [0.05, 0.1) is 11.1 Å². The predicted octanol–water partition coefficient (Wildman–Crippen LogP) is 4.40. The second-order valence-corrected chi connectivity index (χ2v) is 14.0. The Morgan fingerprint density at radius 2 is 1.84 bits per heavy atom. The van der Waals surface area contributed by atoms with Crippen LogP contribution in [0.2, 0.25) is 0 Å². The molecule has 51 heavy (non-hydrogen) atoms. The van der Waals surface area contributed by atoms with E-state index in [-0.39, 0.29) is 24.1 Å². The quantitative estimate of drug-likeness (QED) is 0.201. The lowest BCUT2D eigenvalue weighted by Gasteiger charge is -2.32. The van der Waals surface area contributed by atoms with Crippen LogP contribution in [0.3, 0.4) is 0 Å². The molecule has 0 radical (unpaired) electrons. The largest absolute Gasteiger partial charge is 0.357 e. The Morgan fingerprint density at radius 3 is 2.61 bits per heavy atom. The molecule has 3 N–H and O–H groups in total. The molecule has 4 aromatic rings. The minimum atomic E-state index is -0.642. The number of anilines is 2. The molecule has 0 saturated carbocycles. The van der Waals surface area contributed by atoms with Gasteiger partial charge >= 0.3 is 0 Å². The number of hydrogen-bond donors (Lipinski definition) is 3. The molecular formula is C39H40N8O4. The van der Waals surface area contributed by atoms with E-state index in [1.807, 2.05) is 24.3 Å². The minimum Gasteiger partial charge on any atom is -0.357 e. The van der Waals surface area contributed by atoms with Crippen LogP contribution in [0.5, 0.6) is 0 Å². The first-order valence-corrected chi connectivity index (χ1v) is 17.8. The number of carbonyl (C=O) groups excluding carboxylic acids is 4. The minimum absolute atomic E-state index is 0.190. The molecule has 3 aromatic heterocycles. The fourth-order valence-electron chi connectivity index (χ4n) is 7.85. The molecule has 4 aliphatic heterocycles. The van der Waals surface area contributed by atoms with Gasteiger partial charge < -0.3 is 20.1 Å². The summed E-state index contributed by atoms with van der Waals surface area (Å²) >= 11 is 0.